The Morgan fingerprint density at radius 1 is 1.10 bits per heavy atom. The molecule has 2 aromatic carbocycles. The maximum absolute atomic E-state index is 12.5. The largest absolute Gasteiger partial charge is 0.468 e. The number of benzene rings is 2. The van der Waals surface area contributed by atoms with E-state index in [0.717, 1.165) is 24.5 Å². The Morgan fingerprint density at radius 2 is 1.74 bits per heavy atom. The first kappa shape index (κ1) is 23.5. The zero-order valence-corrected chi connectivity index (χ0v) is 17.4. The fourth-order valence-electron chi connectivity index (χ4n) is 2.43. The van der Waals surface area contributed by atoms with Crippen LogP contribution in [0.2, 0.25) is 0 Å². The molecule has 0 saturated heterocycles. The van der Waals surface area contributed by atoms with Crippen molar-refractivity contribution in [3.05, 3.63) is 63.7 Å². The van der Waals surface area contributed by atoms with Crippen molar-refractivity contribution < 1.29 is 32.5 Å². The van der Waals surface area contributed by atoms with Crippen LogP contribution in [0, 0.1) is 10.1 Å². The molecule has 31 heavy (non-hydrogen) atoms. The highest BCUT2D eigenvalue weighted by atomic mass is 32.2. The maximum Gasteiger partial charge on any atom is 0.325 e. The minimum Gasteiger partial charge on any atom is -0.468 e. The van der Waals surface area contributed by atoms with Crippen LogP contribution in [0.4, 0.5) is 11.4 Å². The van der Waals surface area contributed by atoms with E-state index in [-0.39, 0.29) is 23.4 Å². The zero-order valence-electron chi connectivity index (χ0n) is 16.6. The predicted octanol–water partition coefficient (Wildman–Crippen LogP) is 1.08. The second-order valence-corrected chi connectivity index (χ2v) is 8.44. The molecule has 2 amide bonds. The number of rotatable bonds is 8. The van der Waals surface area contributed by atoms with Crippen LogP contribution in [-0.4, -0.2) is 51.0 Å². The van der Waals surface area contributed by atoms with Crippen LogP contribution in [-0.2, 0) is 30.6 Å². The molecule has 0 aliphatic carbocycles. The Kier molecular flexibility index (Phi) is 7.42. The van der Waals surface area contributed by atoms with E-state index in [9.17, 15) is 32.9 Å². The van der Waals surface area contributed by atoms with Crippen LogP contribution in [0.15, 0.2) is 47.4 Å². The van der Waals surface area contributed by atoms with Gasteiger partial charge in [-0.2, -0.15) is 0 Å². The fraction of sp³-hybridized carbons (Fsp3) is 0.211. The van der Waals surface area contributed by atoms with Crippen molar-refractivity contribution in [2.24, 2.45) is 0 Å². The first-order chi connectivity index (χ1) is 14.5. The molecule has 0 aliphatic heterocycles. The summed E-state index contributed by atoms with van der Waals surface area (Å²) in [7, 11) is -2.56. The highest BCUT2D eigenvalue weighted by Crippen LogP contribution is 2.22. The molecule has 0 heterocycles. The third kappa shape index (κ3) is 6.89. The molecule has 0 radical (unpaired) electrons. The van der Waals surface area contributed by atoms with E-state index in [2.05, 4.69) is 15.4 Å². The smallest absolute Gasteiger partial charge is 0.325 e. The van der Waals surface area contributed by atoms with Crippen LogP contribution in [0.25, 0.3) is 0 Å². The van der Waals surface area contributed by atoms with E-state index in [4.69, 9.17) is 0 Å². The number of carbonyl (C=O) groups is 3. The molecule has 164 valence electrons. The predicted molar refractivity (Wildman–Crippen MR) is 109 cm³/mol. The molecule has 0 unspecified atom stereocenters. The van der Waals surface area contributed by atoms with E-state index in [1.807, 2.05) is 0 Å². The van der Waals surface area contributed by atoms with Gasteiger partial charge >= 0.3 is 5.97 Å². The Morgan fingerprint density at radius 3 is 2.29 bits per heavy atom. The number of nitro groups is 1. The van der Waals surface area contributed by atoms with Gasteiger partial charge < -0.3 is 15.4 Å². The molecule has 0 aliphatic rings. The topological polar surface area (TPSA) is 162 Å². The van der Waals surface area contributed by atoms with Gasteiger partial charge in [-0.1, -0.05) is 12.1 Å². The first-order valence-electron chi connectivity index (χ1n) is 8.73. The lowest BCUT2D eigenvalue weighted by molar-refractivity contribution is -0.385. The molecule has 2 aromatic rings. The number of carbonyl (C=O) groups excluding carboxylic acids is 3. The van der Waals surface area contributed by atoms with Gasteiger partial charge in [-0.3, -0.25) is 24.5 Å². The number of methoxy groups -OCH3 is 1. The van der Waals surface area contributed by atoms with Crippen molar-refractivity contribution in [2.75, 3.05) is 25.2 Å². The van der Waals surface area contributed by atoms with Gasteiger partial charge in [0, 0.05) is 29.6 Å². The molecule has 0 bridgehead atoms. The van der Waals surface area contributed by atoms with Crippen molar-refractivity contribution in [3.8, 4) is 0 Å². The number of nitrogens with one attached hydrogen (secondary N) is 2. The number of anilines is 1. The van der Waals surface area contributed by atoms with Crippen LogP contribution >= 0.6 is 0 Å². The van der Waals surface area contributed by atoms with E-state index in [1.54, 1.807) is 12.1 Å². The summed E-state index contributed by atoms with van der Waals surface area (Å²) < 4.78 is 27.9. The van der Waals surface area contributed by atoms with Gasteiger partial charge in [-0.05, 0) is 23.8 Å². The van der Waals surface area contributed by atoms with Gasteiger partial charge in [0.25, 0.3) is 11.6 Å². The molecule has 2 N–H and O–H groups in total. The number of amides is 2. The highest BCUT2D eigenvalue weighted by Gasteiger charge is 2.19. The average molecular weight is 449 g/mol. The van der Waals surface area contributed by atoms with Crippen molar-refractivity contribution in [3.63, 3.8) is 0 Å². The number of hydrogen-bond acceptors (Lipinski definition) is 8. The lowest BCUT2D eigenvalue weighted by Gasteiger charge is -2.08. The van der Waals surface area contributed by atoms with Gasteiger partial charge in [0.15, 0.2) is 9.84 Å². The standard InChI is InChI=1S/C19H19N3O8S/c1-30-18(24)11-20-17(23)7-12-3-5-14(6-4-12)21-19(25)13-8-15(22(26)27)10-16(9-13)31(2,28)29/h3-6,8-10H,7,11H2,1-2H3,(H,20,23)(H,21,25). The molecule has 0 spiro atoms. The summed E-state index contributed by atoms with van der Waals surface area (Å²) in [5.41, 5.74) is 0.216. The molecule has 12 heteroatoms. The van der Waals surface area contributed by atoms with Crippen LogP contribution < -0.4 is 10.6 Å². The lowest BCUT2D eigenvalue weighted by Crippen LogP contribution is -2.31. The molecule has 0 saturated carbocycles. The quantitative estimate of drug-likeness (QED) is 0.344. The van der Waals surface area contributed by atoms with Gasteiger partial charge in [0.1, 0.15) is 6.54 Å². The molecular weight excluding hydrogens is 430 g/mol. The number of esters is 1. The summed E-state index contributed by atoms with van der Waals surface area (Å²) in [5, 5.41) is 16.0. The van der Waals surface area contributed by atoms with E-state index < -0.39 is 38.2 Å². The van der Waals surface area contributed by atoms with Crippen molar-refractivity contribution in [1.29, 1.82) is 0 Å². The number of nitrogens with zero attached hydrogens (tertiary/aromatic N) is 1. The Balaban J connectivity index is 2.11. The Bertz CT molecular complexity index is 1130. The number of ether oxygens (including phenoxy) is 1. The molecule has 0 aromatic heterocycles. The third-order valence-electron chi connectivity index (χ3n) is 4.03. The van der Waals surface area contributed by atoms with Gasteiger partial charge in [-0.15, -0.1) is 0 Å². The van der Waals surface area contributed by atoms with Crippen molar-refractivity contribution in [1.82, 2.24) is 5.32 Å². The van der Waals surface area contributed by atoms with Crippen molar-refractivity contribution in [2.45, 2.75) is 11.3 Å². The van der Waals surface area contributed by atoms with Crippen LogP contribution in [0.1, 0.15) is 15.9 Å². The van der Waals surface area contributed by atoms with Crippen LogP contribution in [0.5, 0.6) is 0 Å². The van der Waals surface area contributed by atoms with E-state index in [0.29, 0.717) is 11.3 Å². The number of non-ortho nitro benzene ring substituents is 1. The summed E-state index contributed by atoms with van der Waals surface area (Å²) in [6.07, 6.45) is 0.877. The molecule has 0 atom stereocenters. The number of sulfone groups is 1. The Hall–Kier alpha value is -3.80. The summed E-state index contributed by atoms with van der Waals surface area (Å²) in [4.78, 5) is 45.2. The van der Waals surface area contributed by atoms with Crippen molar-refractivity contribution >= 4 is 39.0 Å². The minimum atomic E-state index is -3.77. The number of nitro benzene ring substituents is 1. The van der Waals surface area contributed by atoms with Gasteiger partial charge in [0.2, 0.25) is 5.91 Å². The summed E-state index contributed by atoms with van der Waals surface area (Å²) in [6.45, 7) is -0.248. The Labute approximate surface area is 177 Å². The fourth-order valence-corrected chi connectivity index (χ4v) is 3.11. The van der Waals surface area contributed by atoms with Gasteiger partial charge in [-0.25, -0.2) is 8.42 Å². The van der Waals surface area contributed by atoms with Crippen LogP contribution in [0.3, 0.4) is 0 Å². The maximum atomic E-state index is 12.5. The first-order valence-corrected chi connectivity index (χ1v) is 10.6. The van der Waals surface area contributed by atoms with Gasteiger partial charge in [0.05, 0.1) is 23.3 Å². The zero-order chi connectivity index (χ0) is 23.2. The summed E-state index contributed by atoms with van der Waals surface area (Å²) in [5.74, 6) is -1.71. The minimum absolute atomic E-state index is 0.00613. The molecule has 11 nitrogen and oxygen atoms in total. The monoisotopic (exact) mass is 449 g/mol. The molecule has 2 rings (SSSR count). The average Bonchev–Trinajstić information content (AvgIpc) is 2.72. The molecular formula is C19H19N3O8S. The lowest BCUT2D eigenvalue weighted by atomic mass is 10.1. The molecule has 0 fully saturated rings. The van der Waals surface area contributed by atoms with E-state index in [1.165, 1.54) is 19.2 Å². The summed E-state index contributed by atoms with van der Waals surface area (Å²) >= 11 is 0. The SMILES string of the molecule is COC(=O)CNC(=O)Cc1ccc(NC(=O)c2cc([N+](=O)[O-])cc(S(C)(=O)=O)c2)cc1. The normalized spacial score (nSPS) is 10.8. The second kappa shape index (κ2) is 9.80. The third-order valence-corrected chi connectivity index (χ3v) is 5.12. The highest BCUT2D eigenvalue weighted by molar-refractivity contribution is 7.90. The number of hydrogen-bond donors (Lipinski definition) is 2. The second-order valence-electron chi connectivity index (χ2n) is 6.43. The summed E-state index contributed by atoms with van der Waals surface area (Å²) in [6, 6.07) is 9.07. The van der Waals surface area contributed by atoms with E-state index >= 15 is 0 Å².